The van der Waals surface area contributed by atoms with Crippen LogP contribution in [0.3, 0.4) is 0 Å². The van der Waals surface area contributed by atoms with Gasteiger partial charge in [0.05, 0.1) is 17.8 Å². The van der Waals surface area contributed by atoms with E-state index in [9.17, 15) is 9.18 Å². The molecule has 0 unspecified atom stereocenters. The zero-order valence-corrected chi connectivity index (χ0v) is 14.8. The Morgan fingerprint density at radius 3 is 2.68 bits per heavy atom. The van der Waals surface area contributed by atoms with E-state index in [4.69, 9.17) is 4.52 Å². The van der Waals surface area contributed by atoms with Crippen LogP contribution in [0.25, 0.3) is 11.3 Å². The molecule has 0 aliphatic carbocycles. The maximum atomic E-state index is 13.2. The van der Waals surface area contributed by atoms with Crippen molar-refractivity contribution in [3.05, 3.63) is 75.6 Å². The summed E-state index contributed by atoms with van der Waals surface area (Å²) >= 11 is 3.43. The molecule has 1 aromatic heterocycles. The summed E-state index contributed by atoms with van der Waals surface area (Å²) in [6.45, 7) is 1.01. The van der Waals surface area contributed by atoms with Crippen molar-refractivity contribution in [3.63, 3.8) is 0 Å². The zero-order chi connectivity index (χ0) is 17.4. The summed E-state index contributed by atoms with van der Waals surface area (Å²) < 4.78 is 19.4. The van der Waals surface area contributed by atoms with Crippen molar-refractivity contribution in [3.8, 4) is 11.3 Å². The van der Waals surface area contributed by atoms with Crippen molar-refractivity contribution in [1.82, 2.24) is 10.1 Å². The number of nitrogens with zero attached hydrogens (tertiary/aromatic N) is 2. The van der Waals surface area contributed by atoms with E-state index in [1.807, 2.05) is 18.2 Å². The predicted octanol–water partition coefficient (Wildman–Crippen LogP) is 4.44. The maximum Gasteiger partial charge on any atom is 0.255 e. The molecule has 6 heteroatoms. The van der Waals surface area contributed by atoms with Crippen LogP contribution in [0.4, 0.5) is 4.39 Å². The van der Waals surface area contributed by atoms with Crippen LogP contribution in [0.1, 0.15) is 21.6 Å². The van der Waals surface area contributed by atoms with Gasteiger partial charge in [0.25, 0.3) is 5.91 Å². The van der Waals surface area contributed by atoms with Gasteiger partial charge in [-0.2, -0.15) is 0 Å². The maximum absolute atomic E-state index is 13.2. The molecule has 0 atom stereocenters. The van der Waals surface area contributed by atoms with Crippen LogP contribution in [0.5, 0.6) is 0 Å². The van der Waals surface area contributed by atoms with Gasteiger partial charge in [0, 0.05) is 28.6 Å². The highest BCUT2D eigenvalue weighted by Crippen LogP contribution is 2.31. The fraction of sp³-hybridized carbons (Fsp3) is 0.158. The van der Waals surface area contributed by atoms with Crippen molar-refractivity contribution < 1.29 is 13.7 Å². The number of carbonyl (C=O) groups excluding carboxylic acids is 1. The van der Waals surface area contributed by atoms with E-state index in [1.54, 1.807) is 23.1 Å². The SMILES string of the molecule is O=C(c1ccccc1Br)N1CCc2noc(-c3ccc(F)cc3)c2C1. The zero-order valence-electron chi connectivity index (χ0n) is 13.2. The number of rotatable bonds is 2. The topological polar surface area (TPSA) is 46.3 Å². The lowest BCUT2D eigenvalue weighted by Gasteiger charge is -2.26. The molecule has 0 radical (unpaired) electrons. The quantitative estimate of drug-likeness (QED) is 0.638. The number of hydrogen-bond acceptors (Lipinski definition) is 3. The fourth-order valence-electron chi connectivity index (χ4n) is 3.02. The number of benzene rings is 2. The minimum atomic E-state index is -0.303. The Balaban J connectivity index is 1.65. The summed E-state index contributed by atoms with van der Waals surface area (Å²) in [6.07, 6.45) is 0.635. The smallest absolute Gasteiger partial charge is 0.255 e. The third kappa shape index (κ3) is 2.98. The van der Waals surface area contributed by atoms with Crippen molar-refractivity contribution in [2.45, 2.75) is 13.0 Å². The second-order valence-electron chi connectivity index (χ2n) is 5.90. The molecule has 0 bridgehead atoms. The largest absolute Gasteiger partial charge is 0.356 e. The highest BCUT2D eigenvalue weighted by molar-refractivity contribution is 9.10. The molecular formula is C19H14BrFN2O2. The molecule has 0 saturated heterocycles. The molecule has 3 aromatic rings. The molecule has 1 amide bonds. The van der Waals surface area contributed by atoms with E-state index >= 15 is 0 Å². The van der Waals surface area contributed by atoms with Crippen LogP contribution in [0.15, 0.2) is 57.5 Å². The van der Waals surface area contributed by atoms with Gasteiger partial charge in [-0.1, -0.05) is 17.3 Å². The average Bonchev–Trinajstić information content (AvgIpc) is 3.05. The molecule has 0 spiro atoms. The van der Waals surface area contributed by atoms with Gasteiger partial charge in [0.15, 0.2) is 5.76 Å². The standard InChI is InChI=1S/C19H14BrFN2O2/c20-16-4-2-1-3-14(16)19(24)23-10-9-17-15(11-23)18(25-22-17)12-5-7-13(21)8-6-12/h1-8H,9-11H2. The lowest BCUT2D eigenvalue weighted by molar-refractivity contribution is 0.0733. The van der Waals surface area contributed by atoms with Gasteiger partial charge in [-0.25, -0.2) is 4.39 Å². The highest BCUT2D eigenvalue weighted by atomic mass is 79.9. The van der Waals surface area contributed by atoms with Crippen molar-refractivity contribution in [2.24, 2.45) is 0 Å². The van der Waals surface area contributed by atoms with E-state index in [1.165, 1.54) is 12.1 Å². The number of hydrogen-bond donors (Lipinski definition) is 0. The van der Waals surface area contributed by atoms with Crippen LogP contribution in [-0.4, -0.2) is 22.5 Å². The Labute approximate surface area is 152 Å². The van der Waals surface area contributed by atoms with Crippen molar-refractivity contribution >= 4 is 21.8 Å². The van der Waals surface area contributed by atoms with E-state index in [2.05, 4.69) is 21.1 Å². The van der Waals surface area contributed by atoms with Crippen molar-refractivity contribution in [1.29, 1.82) is 0 Å². The molecule has 0 saturated carbocycles. The third-order valence-electron chi connectivity index (χ3n) is 4.33. The summed E-state index contributed by atoms with van der Waals surface area (Å²) in [5.41, 5.74) is 3.13. The Morgan fingerprint density at radius 1 is 1.16 bits per heavy atom. The molecule has 0 N–H and O–H groups in total. The van der Waals surface area contributed by atoms with E-state index < -0.39 is 0 Å². The van der Waals surface area contributed by atoms with Gasteiger partial charge in [0.1, 0.15) is 5.82 Å². The van der Waals surface area contributed by atoms with Gasteiger partial charge in [-0.15, -0.1) is 0 Å². The van der Waals surface area contributed by atoms with Gasteiger partial charge in [-0.3, -0.25) is 4.79 Å². The van der Waals surface area contributed by atoms with E-state index in [-0.39, 0.29) is 11.7 Å². The lowest BCUT2D eigenvalue weighted by atomic mass is 10.0. The van der Waals surface area contributed by atoms with Crippen LogP contribution >= 0.6 is 15.9 Å². The molecule has 2 heterocycles. The van der Waals surface area contributed by atoms with Gasteiger partial charge < -0.3 is 9.42 Å². The normalized spacial score (nSPS) is 13.6. The Bertz CT molecular complexity index is 937. The van der Waals surface area contributed by atoms with Gasteiger partial charge >= 0.3 is 0 Å². The monoisotopic (exact) mass is 400 g/mol. The van der Waals surface area contributed by atoms with Gasteiger partial charge in [0.2, 0.25) is 0 Å². The van der Waals surface area contributed by atoms with Gasteiger partial charge in [-0.05, 0) is 52.3 Å². The number of aromatic nitrogens is 1. The molecule has 25 heavy (non-hydrogen) atoms. The van der Waals surface area contributed by atoms with Crippen LogP contribution in [0.2, 0.25) is 0 Å². The summed E-state index contributed by atoms with van der Waals surface area (Å²) in [4.78, 5) is 14.6. The molecule has 0 fully saturated rings. The summed E-state index contributed by atoms with van der Waals surface area (Å²) in [5, 5.41) is 4.12. The van der Waals surface area contributed by atoms with E-state index in [0.29, 0.717) is 30.8 Å². The number of halogens is 2. The molecule has 4 rings (SSSR count). The van der Waals surface area contributed by atoms with Crippen molar-refractivity contribution in [2.75, 3.05) is 6.54 Å². The first kappa shape index (κ1) is 16.0. The minimum Gasteiger partial charge on any atom is -0.356 e. The van der Waals surface area contributed by atoms with Crippen LogP contribution < -0.4 is 0 Å². The summed E-state index contributed by atoms with van der Waals surface area (Å²) in [5.74, 6) is 0.256. The molecule has 126 valence electrons. The first-order chi connectivity index (χ1) is 12.1. The Morgan fingerprint density at radius 2 is 1.92 bits per heavy atom. The minimum absolute atomic E-state index is 0.0376. The number of carbonyl (C=O) groups is 1. The van der Waals surface area contributed by atoms with E-state index in [0.717, 1.165) is 21.3 Å². The summed E-state index contributed by atoms with van der Waals surface area (Å²) in [7, 11) is 0. The molecule has 1 aliphatic heterocycles. The second kappa shape index (κ2) is 6.44. The second-order valence-corrected chi connectivity index (χ2v) is 6.75. The number of fused-ring (bicyclic) bond motifs is 1. The first-order valence-corrected chi connectivity index (χ1v) is 8.70. The number of amides is 1. The Kier molecular flexibility index (Phi) is 4.13. The highest BCUT2D eigenvalue weighted by Gasteiger charge is 2.28. The molecule has 2 aromatic carbocycles. The lowest BCUT2D eigenvalue weighted by Crippen LogP contribution is -2.36. The summed E-state index contributed by atoms with van der Waals surface area (Å²) in [6, 6.07) is 13.5. The van der Waals surface area contributed by atoms with Crippen LogP contribution in [0, 0.1) is 5.82 Å². The average molecular weight is 401 g/mol. The predicted molar refractivity (Wildman–Crippen MR) is 94.5 cm³/mol. The van der Waals surface area contributed by atoms with Crippen LogP contribution in [-0.2, 0) is 13.0 Å². The fourth-order valence-corrected chi connectivity index (χ4v) is 3.47. The molecular weight excluding hydrogens is 387 g/mol. The third-order valence-corrected chi connectivity index (χ3v) is 5.03. The molecule has 1 aliphatic rings. The Hall–Kier alpha value is -2.47. The molecule has 4 nitrogen and oxygen atoms in total. The first-order valence-electron chi connectivity index (χ1n) is 7.90.